The summed E-state index contributed by atoms with van der Waals surface area (Å²) < 4.78 is 23.7. The maximum atomic E-state index is 5.74. The molecule has 7 nitrogen and oxygen atoms in total. The van der Waals surface area contributed by atoms with E-state index in [1.54, 1.807) is 26.0 Å². The Labute approximate surface area is 174 Å². The van der Waals surface area contributed by atoms with Gasteiger partial charge in [0.15, 0.2) is 11.5 Å². The van der Waals surface area contributed by atoms with Crippen molar-refractivity contribution in [2.45, 2.75) is 19.6 Å². The molecule has 8 heteroatoms. The normalized spacial score (nSPS) is 13.8. The fraction of sp³-hybridized carbons (Fsp3) is 0.333. The van der Waals surface area contributed by atoms with Crippen molar-refractivity contribution in [2.75, 3.05) is 27.9 Å². The molecule has 0 saturated carbocycles. The van der Waals surface area contributed by atoms with Gasteiger partial charge in [0, 0.05) is 13.1 Å². The molecular formula is C21H23N3O4S. The zero-order valence-electron chi connectivity index (χ0n) is 16.7. The molecule has 0 unspecified atom stereocenters. The van der Waals surface area contributed by atoms with Gasteiger partial charge in [-0.1, -0.05) is 12.1 Å². The Morgan fingerprint density at radius 2 is 1.69 bits per heavy atom. The first-order valence-electron chi connectivity index (χ1n) is 9.30. The first-order valence-corrected chi connectivity index (χ1v) is 9.71. The molecule has 1 aliphatic heterocycles. The number of fused-ring (bicyclic) bond motifs is 1. The average molecular weight is 413 g/mol. The Morgan fingerprint density at radius 3 is 2.41 bits per heavy atom. The first kappa shape index (κ1) is 19.5. The molecule has 1 aliphatic rings. The van der Waals surface area contributed by atoms with Gasteiger partial charge in [-0.3, -0.25) is 4.90 Å². The molecule has 0 amide bonds. The largest absolute Gasteiger partial charge is 0.496 e. The van der Waals surface area contributed by atoms with Crippen molar-refractivity contribution >= 4 is 12.2 Å². The summed E-state index contributed by atoms with van der Waals surface area (Å²) in [6, 6.07) is 11.7. The Bertz CT molecular complexity index is 1080. The number of nitrogens with zero attached hydrogens (tertiary/aromatic N) is 3. The van der Waals surface area contributed by atoms with E-state index in [1.165, 1.54) is 11.1 Å². The molecule has 2 heterocycles. The Morgan fingerprint density at radius 1 is 1.00 bits per heavy atom. The average Bonchev–Trinajstić information content (AvgIpc) is 3.12. The summed E-state index contributed by atoms with van der Waals surface area (Å²) >= 11 is 5.40. The molecule has 3 aromatic rings. The predicted octanol–water partition coefficient (Wildman–Crippen LogP) is 3.91. The standard InChI is InChI=1S/C21H23N3O4S/c1-25-17-7-5-4-6-16(17)20-22-24(21(29)28-20)13-23-9-8-14-10-18(26-2)19(27-3)11-15(14)12-23/h4-7,10-11H,8-9,12-13H2,1-3H3. The van der Waals surface area contributed by atoms with Gasteiger partial charge in [0.05, 0.1) is 33.6 Å². The zero-order valence-corrected chi connectivity index (χ0v) is 17.5. The smallest absolute Gasteiger partial charge is 0.288 e. The van der Waals surface area contributed by atoms with Gasteiger partial charge < -0.3 is 18.6 Å². The lowest BCUT2D eigenvalue weighted by atomic mass is 9.99. The van der Waals surface area contributed by atoms with E-state index in [0.29, 0.717) is 23.1 Å². The third-order valence-corrected chi connectivity index (χ3v) is 5.37. The van der Waals surface area contributed by atoms with E-state index in [1.807, 2.05) is 30.3 Å². The van der Waals surface area contributed by atoms with E-state index >= 15 is 0 Å². The van der Waals surface area contributed by atoms with Crippen LogP contribution in [0.5, 0.6) is 17.2 Å². The summed E-state index contributed by atoms with van der Waals surface area (Å²) in [6.45, 7) is 2.21. The lowest BCUT2D eigenvalue weighted by Crippen LogP contribution is -2.32. The number of ether oxygens (including phenoxy) is 3. The molecule has 0 radical (unpaired) electrons. The molecule has 152 valence electrons. The third kappa shape index (κ3) is 3.86. The number of hydrogen-bond donors (Lipinski definition) is 0. The van der Waals surface area contributed by atoms with Crippen molar-refractivity contribution < 1.29 is 18.6 Å². The summed E-state index contributed by atoms with van der Waals surface area (Å²) in [5.74, 6) is 2.66. The second-order valence-corrected chi connectivity index (χ2v) is 7.14. The van der Waals surface area contributed by atoms with Gasteiger partial charge in [-0.15, -0.1) is 5.10 Å². The van der Waals surface area contributed by atoms with E-state index in [0.717, 1.165) is 36.6 Å². The summed E-state index contributed by atoms with van der Waals surface area (Å²) in [5, 5.41) is 4.58. The highest BCUT2D eigenvalue weighted by Gasteiger charge is 2.21. The van der Waals surface area contributed by atoms with Crippen molar-refractivity contribution in [3.8, 4) is 28.7 Å². The summed E-state index contributed by atoms with van der Waals surface area (Å²) in [6.07, 6.45) is 0.917. The van der Waals surface area contributed by atoms with Crippen LogP contribution in [-0.2, 0) is 19.6 Å². The van der Waals surface area contributed by atoms with Crippen LogP contribution in [0.15, 0.2) is 40.8 Å². The second kappa shape index (κ2) is 8.26. The van der Waals surface area contributed by atoms with Crippen LogP contribution in [0, 0.1) is 4.84 Å². The maximum Gasteiger partial charge on any atom is 0.288 e. The number of benzene rings is 2. The van der Waals surface area contributed by atoms with Gasteiger partial charge in [0.1, 0.15) is 5.75 Å². The summed E-state index contributed by atoms with van der Waals surface area (Å²) in [7, 11) is 4.93. The lowest BCUT2D eigenvalue weighted by Gasteiger charge is -2.29. The Kier molecular flexibility index (Phi) is 5.55. The van der Waals surface area contributed by atoms with Crippen molar-refractivity contribution in [2.24, 2.45) is 0 Å². The van der Waals surface area contributed by atoms with Crippen LogP contribution in [0.2, 0.25) is 0 Å². The molecular weight excluding hydrogens is 390 g/mol. The van der Waals surface area contributed by atoms with Gasteiger partial charge in [-0.05, 0) is 54.0 Å². The van der Waals surface area contributed by atoms with Crippen molar-refractivity contribution in [1.82, 2.24) is 14.7 Å². The van der Waals surface area contributed by atoms with E-state index < -0.39 is 0 Å². The van der Waals surface area contributed by atoms with Gasteiger partial charge in [-0.25, -0.2) is 4.68 Å². The quantitative estimate of drug-likeness (QED) is 0.568. The maximum absolute atomic E-state index is 5.74. The Hall–Kier alpha value is -2.84. The van der Waals surface area contributed by atoms with Crippen LogP contribution in [0.4, 0.5) is 0 Å². The molecule has 1 aromatic heterocycles. The highest BCUT2D eigenvalue weighted by Crippen LogP contribution is 2.33. The third-order valence-electron chi connectivity index (χ3n) is 5.07. The van der Waals surface area contributed by atoms with Crippen molar-refractivity contribution in [3.05, 3.63) is 52.4 Å². The molecule has 0 bridgehead atoms. The molecule has 0 spiro atoms. The summed E-state index contributed by atoms with van der Waals surface area (Å²) in [4.78, 5) is 2.61. The van der Waals surface area contributed by atoms with Gasteiger partial charge >= 0.3 is 0 Å². The fourth-order valence-electron chi connectivity index (χ4n) is 3.58. The topological polar surface area (TPSA) is 61.9 Å². The fourth-order valence-corrected chi connectivity index (χ4v) is 3.76. The minimum absolute atomic E-state index is 0.337. The second-order valence-electron chi connectivity index (χ2n) is 6.79. The highest BCUT2D eigenvalue weighted by molar-refractivity contribution is 7.71. The van der Waals surface area contributed by atoms with Gasteiger partial charge in [-0.2, -0.15) is 0 Å². The highest BCUT2D eigenvalue weighted by atomic mass is 32.1. The van der Waals surface area contributed by atoms with Crippen LogP contribution >= 0.6 is 12.2 Å². The SMILES string of the molecule is COc1cc2c(cc1OC)CN(Cn1nc(-c3ccccc3OC)oc1=S)CC2. The molecule has 0 atom stereocenters. The number of methoxy groups -OCH3 is 3. The summed E-state index contributed by atoms with van der Waals surface area (Å²) in [5.41, 5.74) is 3.27. The van der Waals surface area contributed by atoms with Gasteiger partial charge in [0.25, 0.3) is 10.7 Å². The number of rotatable bonds is 6. The molecule has 29 heavy (non-hydrogen) atoms. The molecule has 0 fully saturated rings. The number of aromatic nitrogens is 2. The van der Waals surface area contributed by atoms with Crippen molar-refractivity contribution in [1.29, 1.82) is 0 Å². The minimum Gasteiger partial charge on any atom is -0.496 e. The van der Waals surface area contributed by atoms with E-state index in [-0.39, 0.29) is 0 Å². The molecule has 4 rings (SSSR count). The van der Waals surface area contributed by atoms with Crippen LogP contribution in [-0.4, -0.2) is 42.6 Å². The predicted molar refractivity (Wildman–Crippen MR) is 111 cm³/mol. The molecule has 2 aromatic carbocycles. The number of para-hydroxylation sites is 1. The zero-order chi connectivity index (χ0) is 20.4. The monoisotopic (exact) mass is 413 g/mol. The molecule has 0 saturated heterocycles. The van der Waals surface area contributed by atoms with E-state index in [4.69, 9.17) is 30.8 Å². The molecule has 0 aliphatic carbocycles. The van der Waals surface area contributed by atoms with Crippen LogP contribution in [0.1, 0.15) is 11.1 Å². The van der Waals surface area contributed by atoms with Crippen LogP contribution in [0.25, 0.3) is 11.5 Å². The van der Waals surface area contributed by atoms with E-state index in [9.17, 15) is 0 Å². The molecule has 0 N–H and O–H groups in total. The lowest BCUT2D eigenvalue weighted by molar-refractivity contribution is 0.185. The van der Waals surface area contributed by atoms with E-state index in [2.05, 4.69) is 16.1 Å². The first-order chi connectivity index (χ1) is 14.1. The van der Waals surface area contributed by atoms with Crippen molar-refractivity contribution in [3.63, 3.8) is 0 Å². The van der Waals surface area contributed by atoms with Crippen LogP contribution in [0.3, 0.4) is 0 Å². The van der Waals surface area contributed by atoms with Crippen LogP contribution < -0.4 is 14.2 Å². The Balaban J connectivity index is 1.55. The minimum atomic E-state index is 0.337. The van der Waals surface area contributed by atoms with Gasteiger partial charge in [0.2, 0.25) is 0 Å². The number of hydrogen-bond acceptors (Lipinski definition) is 7.